The zero-order chi connectivity index (χ0) is 16.8. The summed E-state index contributed by atoms with van der Waals surface area (Å²) in [5, 5.41) is 0. The van der Waals surface area contributed by atoms with Crippen molar-refractivity contribution in [1.29, 1.82) is 0 Å². The van der Waals surface area contributed by atoms with Crippen molar-refractivity contribution in [2.45, 2.75) is 26.4 Å². The van der Waals surface area contributed by atoms with Gasteiger partial charge in [-0.2, -0.15) is 0 Å². The van der Waals surface area contributed by atoms with Gasteiger partial charge in [0.2, 0.25) is 11.6 Å². The summed E-state index contributed by atoms with van der Waals surface area (Å²) in [4.78, 5) is 37.5. The summed E-state index contributed by atoms with van der Waals surface area (Å²) in [6, 6.07) is 12.8. The normalized spacial score (nSPS) is 15.4. The Bertz CT molecular complexity index is 813. The number of aryl methyl sites for hydroxylation is 2. The largest absolute Gasteiger partial charge is 0.437 e. The molecule has 3 rings (SSSR count). The molecule has 0 fully saturated rings. The van der Waals surface area contributed by atoms with Crippen LogP contribution in [0.5, 0.6) is 0 Å². The number of carbonyl (C=O) groups excluding carboxylic acids is 3. The lowest BCUT2D eigenvalue weighted by Crippen LogP contribution is -2.42. The van der Waals surface area contributed by atoms with Gasteiger partial charge in [-0.15, -0.1) is 0 Å². The van der Waals surface area contributed by atoms with E-state index in [0.717, 1.165) is 11.1 Å². The number of carbonyl (C=O) groups is 3. The lowest BCUT2D eigenvalue weighted by molar-refractivity contribution is -0.149. The predicted octanol–water partition coefficient (Wildman–Crippen LogP) is 2.94. The molecular weight excluding hydrogens is 292 g/mol. The molecule has 0 amide bonds. The molecule has 0 N–H and O–H groups in total. The van der Waals surface area contributed by atoms with E-state index in [-0.39, 0.29) is 16.7 Å². The molecule has 0 saturated heterocycles. The number of rotatable bonds is 2. The zero-order valence-electron chi connectivity index (χ0n) is 13.1. The van der Waals surface area contributed by atoms with Crippen molar-refractivity contribution in [1.82, 2.24) is 0 Å². The van der Waals surface area contributed by atoms with E-state index < -0.39 is 23.1 Å². The van der Waals surface area contributed by atoms with E-state index in [1.54, 1.807) is 36.4 Å². The summed E-state index contributed by atoms with van der Waals surface area (Å²) >= 11 is 0. The summed E-state index contributed by atoms with van der Waals surface area (Å²) in [7, 11) is 0. The SMILES string of the molecule is CC(=O)OC1(c2[c]cc(C)c(C)c2)C(=O)c2ccccc2C1=O. The molecule has 23 heavy (non-hydrogen) atoms. The number of hydrogen-bond donors (Lipinski definition) is 0. The van der Waals surface area contributed by atoms with E-state index in [2.05, 4.69) is 6.07 Å². The smallest absolute Gasteiger partial charge is 0.304 e. The molecule has 1 radical (unpaired) electrons. The molecule has 2 aromatic carbocycles. The summed E-state index contributed by atoms with van der Waals surface area (Å²) in [5.74, 6) is -1.73. The van der Waals surface area contributed by atoms with Gasteiger partial charge in [0.1, 0.15) is 0 Å². The van der Waals surface area contributed by atoms with Crippen molar-refractivity contribution in [2.75, 3.05) is 0 Å². The highest BCUT2D eigenvalue weighted by Gasteiger charge is 2.57. The molecule has 0 spiro atoms. The molecule has 4 heteroatoms. The fourth-order valence-electron chi connectivity index (χ4n) is 2.84. The van der Waals surface area contributed by atoms with E-state index in [9.17, 15) is 14.4 Å². The van der Waals surface area contributed by atoms with E-state index in [1.165, 1.54) is 6.92 Å². The zero-order valence-corrected chi connectivity index (χ0v) is 13.1. The van der Waals surface area contributed by atoms with E-state index in [0.29, 0.717) is 0 Å². The molecule has 0 aliphatic heterocycles. The first kappa shape index (κ1) is 15.2. The van der Waals surface area contributed by atoms with E-state index in [4.69, 9.17) is 4.74 Å². The van der Waals surface area contributed by atoms with Crippen molar-refractivity contribution in [3.05, 3.63) is 70.3 Å². The fourth-order valence-corrected chi connectivity index (χ4v) is 2.84. The molecule has 0 bridgehead atoms. The quantitative estimate of drug-likeness (QED) is 0.632. The highest BCUT2D eigenvalue weighted by atomic mass is 16.6. The Balaban J connectivity index is 2.28. The van der Waals surface area contributed by atoms with Crippen molar-refractivity contribution in [3.63, 3.8) is 0 Å². The molecule has 1 aliphatic rings. The van der Waals surface area contributed by atoms with Gasteiger partial charge in [-0.05, 0) is 31.0 Å². The second-order valence-electron chi connectivity index (χ2n) is 5.69. The molecule has 1 aliphatic carbocycles. The van der Waals surface area contributed by atoms with E-state index >= 15 is 0 Å². The molecule has 115 valence electrons. The topological polar surface area (TPSA) is 60.4 Å². The predicted molar refractivity (Wildman–Crippen MR) is 83.3 cm³/mol. The third kappa shape index (κ3) is 2.10. The molecule has 0 atom stereocenters. The average Bonchev–Trinajstić information content (AvgIpc) is 2.73. The first-order valence-electron chi connectivity index (χ1n) is 7.25. The molecule has 0 unspecified atom stereocenters. The Hall–Kier alpha value is -2.75. The second-order valence-corrected chi connectivity index (χ2v) is 5.69. The number of fused-ring (bicyclic) bond motifs is 1. The number of benzene rings is 2. The highest BCUT2D eigenvalue weighted by Crippen LogP contribution is 2.41. The number of ketones is 2. The number of Topliss-reactive ketones (excluding diaryl/α,β-unsaturated/α-hetero) is 2. The summed E-state index contributed by atoms with van der Waals surface area (Å²) in [6.07, 6.45) is 0. The van der Waals surface area contributed by atoms with Crippen LogP contribution >= 0.6 is 0 Å². The van der Waals surface area contributed by atoms with Crippen LogP contribution in [-0.2, 0) is 15.1 Å². The summed E-state index contributed by atoms with van der Waals surface area (Å²) in [5.41, 5.74) is 0.704. The number of ether oxygens (including phenoxy) is 1. The third-order valence-electron chi connectivity index (χ3n) is 4.16. The standard InChI is InChI=1S/C19H15O4/c1-11-8-9-14(10-12(11)2)19(23-13(3)20)17(21)15-6-4-5-7-16(15)18(19)22/h4-8,10H,1-3H3. The van der Waals surface area contributed by atoms with Crippen LogP contribution in [0, 0.1) is 19.9 Å². The Labute approximate surface area is 134 Å². The van der Waals surface area contributed by atoms with Crippen LogP contribution in [-0.4, -0.2) is 17.5 Å². The number of hydrogen-bond acceptors (Lipinski definition) is 4. The van der Waals surface area contributed by atoms with Gasteiger partial charge in [-0.1, -0.05) is 36.4 Å². The minimum absolute atomic E-state index is 0.266. The first-order valence-corrected chi connectivity index (χ1v) is 7.25. The van der Waals surface area contributed by atoms with Crippen LogP contribution in [0.25, 0.3) is 0 Å². The molecule has 2 aromatic rings. The molecular formula is C19H15O4. The lowest BCUT2D eigenvalue weighted by Gasteiger charge is -2.26. The van der Waals surface area contributed by atoms with Gasteiger partial charge < -0.3 is 4.74 Å². The minimum Gasteiger partial charge on any atom is -0.437 e. The van der Waals surface area contributed by atoms with Crippen LogP contribution in [0.3, 0.4) is 0 Å². The Morgan fingerprint density at radius 1 is 1.04 bits per heavy atom. The lowest BCUT2D eigenvalue weighted by atomic mass is 9.86. The Kier molecular flexibility index (Phi) is 3.40. The first-order chi connectivity index (χ1) is 10.9. The molecule has 0 saturated carbocycles. The maximum Gasteiger partial charge on any atom is 0.304 e. The van der Waals surface area contributed by atoms with Crippen LogP contribution in [0.4, 0.5) is 0 Å². The highest BCUT2D eigenvalue weighted by molar-refractivity contribution is 6.32. The van der Waals surface area contributed by atoms with E-state index in [1.807, 2.05) is 13.8 Å². The molecule has 0 aromatic heterocycles. The van der Waals surface area contributed by atoms with Gasteiger partial charge >= 0.3 is 5.97 Å². The maximum absolute atomic E-state index is 12.9. The van der Waals surface area contributed by atoms with Crippen LogP contribution < -0.4 is 0 Å². The third-order valence-corrected chi connectivity index (χ3v) is 4.16. The maximum atomic E-state index is 12.9. The average molecular weight is 307 g/mol. The van der Waals surface area contributed by atoms with Crippen molar-refractivity contribution in [3.8, 4) is 0 Å². The minimum atomic E-state index is -1.96. The van der Waals surface area contributed by atoms with Gasteiger partial charge in [-0.3, -0.25) is 14.4 Å². The van der Waals surface area contributed by atoms with Crippen molar-refractivity contribution >= 4 is 17.5 Å². The molecule has 0 heterocycles. The van der Waals surface area contributed by atoms with Gasteiger partial charge in [0, 0.05) is 23.6 Å². The Morgan fingerprint density at radius 3 is 2.09 bits per heavy atom. The summed E-state index contributed by atoms with van der Waals surface area (Å²) in [6.45, 7) is 4.96. The molecule has 4 nitrogen and oxygen atoms in total. The van der Waals surface area contributed by atoms with Gasteiger partial charge in [0.05, 0.1) is 0 Å². The second kappa shape index (κ2) is 5.16. The van der Waals surface area contributed by atoms with Gasteiger partial charge in [-0.25, -0.2) is 0 Å². The fraction of sp³-hybridized carbons (Fsp3) is 0.211. The summed E-state index contributed by atoms with van der Waals surface area (Å²) < 4.78 is 5.32. The van der Waals surface area contributed by atoms with Gasteiger partial charge in [0.15, 0.2) is 0 Å². The van der Waals surface area contributed by atoms with Crippen molar-refractivity contribution in [2.24, 2.45) is 0 Å². The number of esters is 1. The monoisotopic (exact) mass is 307 g/mol. The van der Waals surface area contributed by atoms with Crippen LogP contribution in [0.1, 0.15) is 44.3 Å². The van der Waals surface area contributed by atoms with Crippen LogP contribution in [0.15, 0.2) is 36.4 Å². The van der Waals surface area contributed by atoms with Gasteiger partial charge in [0.25, 0.3) is 5.60 Å². The Morgan fingerprint density at radius 2 is 1.61 bits per heavy atom. The van der Waals surface area contributed by atoms with Crippen molar-refractivity contribution < 1.29 is 19.1 Å². The van der Waals surface area contributed by atoms with Crippen LogP contribution in [0.2, 0.25) is 0 Å².